The smallest absolute Gasteiger partial charge is 0.252 e. The Labute approximate surface area is 332 Å². The van der Waals surface area contributed by atoms with Gasteiger partial charge in [0.15, 0.2) is 5.82 Å². The Hall–Kier alpha value is -7.58. The number of hydrogen-bond acceptors (Lipinski definition) is 4. The van der Waals surface area contributed by atoms with Gasteiger partial charge in [-0.2, -0.15) is 0 Å². The number of hydrogen-bond donors (Lipinski definition) is 0. The lowest BCUT2D eigenvalue weighted by atomic mass is 9.34. The zero-order valence-electron chi connectivity index (χ0n) is 31.1. The molecule has 14 rings (SSSR count). The van der Waals surface area contributed by atoms with Crippen LogP contribution in [-0.4, -0.2) is 40.3 Å². The van der Waals surface area contributed by atoms with Crippen molar-refractivity contribution in [1.82, 2.24) is 33.6 Å². The summed E-state index contributed by atoms with van der Waals surface area (Å²) in [5, 5.41) is 2.35. The Morgan fingerprint density at radius 2 is 1.31 bits per heavy atom. The molecule has 8 heterocycles. The van der Waals surface area contributed by atoms with Gasteiger partial charge >= 0.3 is 0 Å². The van der Waals surface area contributed by atoms with Gasteiger partial charge in [0.05, 0.1) is 33.0 Å². The van der Waals surface area contributed by atoms with Gasteiger partial charge in [-0.25, -0.2) is 9.97 Å². The van der Waals surface area contributed by atoms with Gasteiger partial charge in [0.25, 0.3) is 6.71 Å². The molecule has 7 nitrogen and oxygen atoms in total. The van der Waals surface area contributed by atoms with Crippen LogP contribution in [0.4, 0.5) is 0 Å². The van der Waals surface area contributed by atoms with E-state index < -0.39 is 0 Å². The standard InChI is InChI=1S/C50H30BN7/c1-3-12-29(13-4-1)35-26-30-14-7-8-17-33(30)41-45-48-37(21-25-53-45)51-36-19-9-18-34-42-44-38(20-10-22-52-44)56(32-15-5-2-6-16-32)50(42)58(46(34)36)40-28-31(49-54-23-11-24-55-49)27-39(43(40)51)57(48)47(35)41/h1-25,27-28,35H,26H2. The van der Waals surface area contributed by atoms with Crippen molar-refractivity contribution in [3.05, 3.63) is 181 Å². The number of nitrogens with zero attached hydrogens (tertiary/aromatic N) is 7. The molecule has 1 atom stereocenters. The zero-order valence-corrected chi connectivity index (χ0v) is 31.1. The number of pyridine rings is 2. The fraction of sp³-hybridized carbons (Fsp3) is 0.0400. The lowest BCUT2D eigenvalue weighted by Crippen LogP contribution is -2.59. The summed E-state index contributed by atoms with van der Waals surface area (Å²) in [6.07, 6.45) is 8.54. The van der Waals surface area contributed by atoms with Crippen LogP contribution in [0.2, 0.25) is 0 Å². The van der Waals surface area contributed by atoms with Crippen molar-refractivity contribution in [2.45, 2.75) is 12.3 Å². The molecule has 0 saturated heterocycles. The summed E-state index contributed by atoms with van der Waals surface area (Å²) >= 11 is 0. The summed E-state index contributed by atoms with van der Waals surface area (Å²) in [6, 6.07) is 50.6. The normalized spacial score (nSPS) is 14.6. The second-order valence-corrected chi connectivity index (χ2v) is 15.8. The van der Waals surface area contributed by atoms with E-state index in [2.05, 4.69) is 141 Å². The van der Waals surface area contributed by atoms with Gasteiger partial charge < -0.3 is 4.57 Å². The highest BCUT2D eigenvalue weighted by Crippen LogP contribution is 2.50. The van der Waals surface area contributed by atoms with Crippen molar-refractivity contribution in [3.8, 4) is 39.6 Å². The van der Waals surface area contributed by atoms with Crippen molar-refractivity contribution >= 4 is 67.1 Å². The van der Waals surface area contributed by atoms with Gasteiger partial charge in [-0.1, -0.05) is 91.0 Å². The summed E-state index contributed by atoms with van der Waals surface area (Å²) in [5.74, 6) is 0.811. The Kier molecular flexibility index (Phi) is 5.83. The summed E-state index contributed by atoms with van der Waals surface area (Å²) < 4.78 is 7.51. The van der Waals surface area contributed by atoms with Crippen molar-refractivity contribution < 1.29 is 0 Å². The fourth-order valence-corrected chi connectivity index (χ4v) is 10.9. The molecule has 2 aliphatic heterocycles. The van der Waals surface area contributed by atoms with Crippen molar-refractivity contribution in [2.24, 2.45) is 0 Å². The average Bonchev–Trinajstić information content (AvgIpc) is 3.94. The molecule has 5 aromatic carbocycles. The van der Waals surface area contributed by atoms with Crippen molar-refractivity contribution in [3.63, 3.8) is 0 Å². The molecule has 6 aromatic heterocycles. The van der Waals surface area contributed by atoms with E-state index in [1.54, 1.807) is 0 Å². The van der Waals surface area contributed by atoms with Crippen LogP contribution in [0.3, 0.4) is 0 Å². The topological polar surface area (TPSA) is 66.3 Å². The van der Waals surface area contributed by atoms with Gasteiger partial charge in [0.1, 0.15) is 5.65 Å². The molecule has 0 saturated carbocycles. The molecule has 0 bridgehead atoms. The van der Waals surface area contributed by atoms with Crippen LogP contribution in [0.1, 0.15) is 22.7 Å². The second-order valence-electron chi connectivity index (χ2n) is 15.8. The molecule has 268 valence electrons. The molecule has 3 aliphatic rings. The monoisotopic (exact) mass is 739 g/mol. The van der Waals surface area contributed by atoms with Crippen LogP contribution in [0.25, 0.3) is 83.6 Å². The van der Waals surface area contributed by atoms with E-state index in [-0.39, 0.29) is 12.6 Å². The van der Waals surface area contributed by atoms with Gasteiger partial charge in [0, 0.05) is 70.0 Å². The first-order valence-electron chi connectivity index (χ1n) is 19.9. The third-order valence-corrected chi connectivity index (χ3v) is 13.0. The second kappa shape index (κ2) is 11.0. The van der Waals surface area contributed by atoms with E-state index in [0.717, 1.165) is 56.6 Å². The highest BCUT2D eigenvalue weighted by Gasteiger charge is 2.45. The van der Waals surface area contributed by atoms with Crippen LogP contribution >= 0.6 is 0 Å². The Bertz CT molecular complexity index is 3550. The molecule has 1 unspecified atom stereocenters. The minimum Gasteiger partial charge on any atom is -0.312 e. The summed E-state index contributed by atoms with van der Waals surface area (Å²) in [7, 11) is 0. The predicted octanol–water partition coefficient (Wildman–Crippen LogP) is 8.42. The lowest BCUT2D eigenvalue weighted by Gasteiger charge is -2.35. The Morgan fingerprint density at radius 1 is 0.569 bits per heavy atom. The highest BCUT2D eigenvalue weighted by atomic mass is 15.2. The molecular weight excluding hydrogens is 709 g/mol. The van der Waals surface area contributed by atoms with Gasteiger partial charge in [0.2, 0.25) is 0 Å². The van der Waals surface area contributed by atoms with Crippen molar-refractivity contribution in [2.75, 3.05) is 0 Å². The SMILES string of the molecule is c1ccc(C2Cc3ccccc3-c3c2n2c4c(ccnc34)B3c4c-2cc(-c2ncccn2)cc4-n2c4c3cccc4c3c4ncccc4n(-c4ccccc4)c32)cc1. The number of benzene rings is 5. The Balaban J connectivity index is 1.21. The van der Waals surface area contributed by atoms with E-state index in [4.69, 9.17) is 19.9 Å². The first kappa shape index (κ1) is 30.6. The molecule has 8 heteroatoms. The molecule has 11 aromatic rings. The lowest BCUT2D eigenvalue weighted by molar-refractivity contribution is 0.746. The van der Waals surface area contributed by atoms with E-state index in [1.165, 1.54) is 60.8 Å². The maximum absolute atomic E-state index is 5.28. The summed E-state index contributed by atoms with van der Waals surface area (Å²) in [6.45, 7) is -0.0323. The van der Waals surface area contributed by atoms with Crippen LogP contribution in [-0.2, 0) is 6.42 Å². The predicted molar refractivity (Wildman–Crippen MR) is 233 cm³/mol. The minimum absolute atomic E-state index is 0.0323. The maximum atomic E-state index is 5.28. The summed E-state index contributed by atoms with van der Waals surface area (Å²) in [5.41, 5.74) is 21.3. The first-order chi connectivity index (χ1) is 28.8. The van der Waals surface area contributed by atoms with E-state index in [1.807, 2.05) is 36.9 Å². The quantitative estimate of drug-likeness (QED) is 0.171. The van der Waals surface area contributed by atoms with Crippen LogP contribution in [0.5, 0.6) is 0 Å². The number of fused-ring (bicyclic) bond motifs is 14. The number of rotatable bonds is 3. The molecule has 0 radical (unpaired) electrons. The van der Waals surface area contributed by atoms with Gasteiger partial charge in [-0.05, 0) is 88.0 Å². The van der Waals surface area contributed by atoms with E-state index in [9.17, 15) is 0 Å². The van der Waals surface area contributed by atoms with Gasteiger partial charge in [-0.15, -0.1) is 0 Å². The van der Waals surface area contributed by atoms with Crippen LogP contribution in [0.15, 0.2) is 164 Å². The number of aromatic nitrogens is 7. The van der Waals surface area contributed by atoms with Gasteiger partial charge in [-0.3, -0.25) is 19.1 Å². The number of para-hydroxylation sites is 2. The largest absolute Gasteiger partial charge is 0.312 e. The molecule has 0 N–H and O–H groups in total. The third-order valence-electron chi connectivity index (χ3n) is 13.0. The zero-order chi connectivity index (χ0) is 37.6. The molecule has 0 fully saturated rings. The van der Waals surface area contributed by atoms with E-state index in [0.29, 0.717) is 5.82 Å². The van der Waals surface area contributed by atoms with Crippen LogP contribution < -0.4 is 16.4 Å². The Morgan fingerprint density at radius 3 is 2.17 bits per heavy atom. The fourth-order valence-electron chi connectivity index (χ4n) is 10.9. The maximum Gasteiger partial charge on any atom is 0.252 e. The molecule has 0 spiro atoms. The first-order valence-corrected chi connectivity index (χ1v) is 19.9. The minimum atomic E-state index is -0.0323. The molecular formula is C50H30BN7. The third kappa shape index (κ3) is 3.75. The summed E-state index contributed by atoms with van der Waals surface area (Å²) in [4.78, 5) is 20.1. The highest BCUT2D eigenvalue weighted by molar-refractivity contribution is 7.00. The molecule has 1 aliphatic carbocycles. The van der Waals surface area contributed by atoms with Crippen LogP contribution in [0, 0.1) is 0 Å². The molecule has 58 heavy (non-hydrogen) atoms. The van der Waals surface area contributed by atoms with E-state index >= 15 is 0 Å². The molecule has 0 amide bonds. The van der Waals surface area contributed by atoms with Crippen molar-refractivity contribution in [1.29, 1.82) is 0 Å². The average molecular weight is 740 g/mol.